The summed E-state index contributed by atoms with van der Waals surface area (Å²) >= 11 is 0. The zero-order valence-electron chi connectivity index (χ0n) is 15.1. The summed E-state index contributed by atoms with van der Waals surface area (Å²) in [5.41, 5.74) is 1.24. The van der Waals surface area contributed by atoms with E-state index in [2.05, 4.69) is 28.1 Å². The molecule has 0 spiro atoms. The number of hydrogen-bond acceptors (Lipinski definition) is 3. The van der Waals surface area contributed by atoms with Crippen molar-refractivity contribution < 1.29 is 19.4 Å². The fourth-order valence-corrected chi connectivity index (χ4v) is 2.46. The molecule has 0 atom stereocenters. The Balaban J connectivity index is 0. The third kappa shape index (κ3) is 10.6. The average molecular weight is 303 g/mol. The van der Waals surface area contributed by atoms with Crippen LogP contribution in [0.2, 0.25) is 0 Å². The first kappa shape index (κ1) is 22.5. The van der Waals surface area contributed by atoms with Crippen LogP contribution in [0.25, 0.3) is 0 Å². The summed E-state index contributed by atoms with van der Waals surface area (Å²) in [6.45, 7) is 2.27. The number of quaternary nitrogens is 1. The minimum absolute atomic E-state index is 0. The van der Waals surface area contributed by atoms with Gasteiger partial charge < -0.3 is 14.9 Å². The Kier molecular flexibility index (Phi) is 13.9. The van der Waals surface area contributed by atoms with Gasteiger partial charge in [-0.1, -0.05) is 51.9 Å². The number of allylic oxidation sites excluding steroid dienone is 1. The summed E-state index contributed by atoms with van der Waals surface area (Å²) in [5.74, 6) is 0.681. The lowest BCUT2D eigenvalue weighted by atomic mass is 10.1. The Morgan fingerprint density at radius 2 is 1.19 bits per heavy atom. The Morgan fingerprint density at radius 3 is 1.57 bits per heavy atom. The van der Waals surface area contributed by atoms with Gasteiger partial charge in [0.25, 0.3) is 0 Å². The molecule has 0 unspecified atom stereocenters. The molecule has 0 aliphatic carbocycles. The van der Waals surface area contributed by atoms with Crippen molar-refractivity contribution in [2.24, 2.45) is 0 Å². The van der Waals surface area contributed by atoms with Crippen LogP contribution in [-0.4, -0.2) is 45.3 Å². The first-order chi connectivity index (χ1) is 9.47. The van der Waals surface area contributed by atoms with Crippen molar-refractivity contribution in [2.75, 3.05) is 35.4 Å². The molecule has 128 valence electrons. The van der Waals surface area contributed by atoms with Gasteiger partial charge >= 0.3 is 5.95 Å². The first-order valence-corrected chi connectivity index (χ1v) is 8.10. The predicted molar refractivity (Wildman–Crippen MR) is 88.2 cm³/mol. The number of unbranched alkanes of at least 4 members (excludes halogenated alkanes) is 7. The van der Waals surface area contributed by atoms with E-state index in [4.69, 9.17) is 9.47 Å². The lowest BCUT2D eigenvalue weighted by Gasteiger charge is -2.27. The van der Waals surface area contributed by atoms with Crippen molar-refractivity contribution >= 4 is 0 Å². The summed E-state index contributed by atoms with van der Waals surface area (Å²) in [6, 6.07) is 0. The van der Waals surface area contributed by atoms with Crippen molar-refractivity contribution in [3.63, 3.8) is 0 Å². The molecule has 0 radical (unpaired) electrons. The molecule has 0 heterocycles. The second kappa shape index (κ2) is 13.0. The number of methoxy groups -OCH3 is 2. The van der Waals surface area contributed by atoms with Crippen molar-refractivity contribution in [3.05, 3.63) is 11.6 Å². The third-order valence-corrected chi connectivity index (χ3v) is 3.68. The maximum absolute atomic E-state index is 5.35. The second-order valence-electron chi connectivity index (χ2n) is 6.38. The van der Waals surface area contributed by atoms with Gasteiger partial charge in [0.05, 0.1) is 35.4 Å². The molecule has 0 rings (SSSR count). The second-order valence-corrected chi connectivity index (χ2v) is 6.38. The molecule has 0 aromatic rings. The molecular weight excluding hydrogens is 266 g/mol. The van der Waals surface area contributed by atoms with Crippen molar-refractivity contribution in [1.82, 2.24) is 0 Å². The largest absolute Gasteiger partial charge is 0.870 e. The third-order valence-electron chi connectivity index (χ3n) is 3.68. The molecule has 0 amide bonds. The van der Waals surface area contributed by atoms with Crippen molar-refractivity contribution in [1.29, 1.82) is 0 Å². The number of nitrogens with zero attached hydrogens (tertiary/aromatic N) is 1. The van der Waals surface area contributed by atoms with Gasteiger partial charge in [-0.05, 0) is 6.42 Å². The molecule has 0 aromatic heterocycles. The van der Waals surface area contributed by atoms with E-state index >= 15 is 0 Å². The molecule has 0 fully saturated rings. The van der Waals surface area contributed by atoms with Gasteiger partial charge in [-0.25, -0.2) is 0 Å². The first-order valence-electron chi connectivity index (χ1n) is 8.10. The van der Waals surface area contributed by atoms with Crippen LogP contribution >= 0.6 is 0 Å². The van der Waals surface area contributed by atoms with E-state index in [0.29, 0.717) is 5.95 Å². The smallest absolute Gasteiger partial charge is 0.338 e. The van der Waals surface area contributed by atoms with E-state index in [1.807, 2.05) is 0 Å². The van der Waals surface area contributed by atoms with Crippen LogP contribution in [0, 0.1) is 0 Å². The van der Waals surface area contributed by atoms with Crippen LogP contribution < -0.4 is 0 Å². The van der Waals surface area contributed by atoms with E-state index in [0.717, 1.165) is 10.9 Å². The maximum Gasteiger partial charge on any atom is 0.338 e. The van der Waals surface area contributed by atoms with E-state index in [-0.39, 0.29) is 5.48 Å². The Morgan fingerprint density at radius 1 is 0.762 bits per heavy atom. The molecule has 0 bridgehead atoms. The standard InChI is InChI=1S/C17H36NO2.H2O/c1-7-8-9-10-11-12-13-14-15-16(18(2,3)4)17(19-5)20-6;/h7-15H2,1-6H3;1H2/q+1;/p-1. The van der Waals surface area contributed by atoms with E-state index in [9.17, 15) is 0 Å². The Labute approximate surface area is 132 Å². The summed E-state index contributed by atoms with van der Waals surface area (Å²) in [6.07, 6.45) is 11.8. The van der Waals surface area contributed by atoms with Gasteiger partial charge in [0.15, 0.2) is 5.70 Å². The molecule has 21 heavy (non-hydrogen) atoms. The van der Waals surface area contributed by atoms with E-state index in [1.54, 1.807) is 14.2 Å². The van der Waals surface area contributed by atoms with Crippen LogP contribution in [0.3, 0.4) is 0 Å². The molecule has 0 saturated carbocycles. The van der Waals surface area contributed by atoms with Crippen molar-refractivity contribution in [3.8, 4) is 0 Å². The molecular formula is C17H37NO3. The van der Waals surface area contributed by atoms with Crippen molar-refractivity contribution in [2.45, 2.75) is 64.7 Å². The highest BCUT2D eigenvalue weighted by atomic mass is 16.7. The normalized spacial score (nSPS) is 10.8. The van der Waals surface area contributed by atoms with Gasteiger partial charge in [-0.3, -0.25) is 4.48 Å². The minimum atomic E-state index is 0. The van der Waals surface area contributed by atoms with E-state index in [1.165, 1.54) is 57.1 Å². The van der Waals surface area contributed by atoms with Gasteiger partial charge in [-0.15, -0.1) is 0 Å². The minimum Gasteiger partial charge on any atom is -0.870 e. The molecule has 0 aromatic carbocycles. The predicted octanol–water partition coefficient (Wildman–Crippen LogP) is 4.51. The quantitative estimate of drug-likeness (QED) is 0.303. The van der Waals surface area contributed by atoms with Gasteiger partial charge in [0.2, 0.25) is 0 Å². The lowest BCUT2D eigenvalue weighted by molar-refractivity contribution is -0.834. The highest BCUT2D eigenvalue weighted by Gasteiger charge is 2.23. The molecule has 4 heteroatoms. The number of ether oxygens (including phenoxy) is 2. The molecule has 0 saturated heterocycles. The Hall–Kier alpha value is -0.740. The van der Waals surface area contributed by atoms with Crippen LogP contribution in [-0.2, 0) is 9.47 Å². The summed E-state index contributed by atoms with van der Waals surface area (Å²) in [4.78, 5) is 0. The zero-order valence-corrected chi connectivity index (χ0v) is 15.1. The molecule has 1 N–H and O–H groups in total. The van der Waals surface area contributed by atoms with Crippen LogP contribution in [0.4, 0.5) is 0 Å². The lowest BCUT2D eigenvalue weighted by Crippen LogP contribution is -2.35. The summed E-state index contributed by atoms with van der Waals surface area (Å²) < 4.78 is 11.5. The maximum atomic E-state index is 5.35. The van der Waals surface area contributed by atoms with E-state index < -0.39 is 0 Å². The summed E-state index contributed by atoms with van der Waals surface area (Å²) in [5, 5.41) is 0. The number of rotatable bonds is 12. The van der Waals surface area contributed by atoms with Crippen LogP contribution in [0.1, 0.15) is 64.7 Å². The molecule has 0 aliphatic rings. The zero-order chi connectivity index (χ0) is 15.4. The average Bonchev–Trinajstić information content (AvgIpc) is 2.39. The SMILES string of the molecule is CCCCCCCCCCC(=C(OC)OC)[N+](C)(C)C.[OH-]. The topological polar surface area (TPSA) is 48.5 Å². The highest BCUT2D eigenvalue weighted by molar-refractivity contribution is 4.94. The number of hydrogen-bond donors (Lipinski definition) is 0. The van der Waals surface area contributed by atoms with Gasteiger partial charge in [0.1, 0.15) is 0 Å². The monoisotopic (exact) mass is 303 g/mol. The van der Waals surface area contributed by atoms with Gasteiger partial charge in [0, 0.05) is 6.42 Å². The molecule has 0 aliphatic heterocycles. The Bertz CT molecular complexity index is 264. The fraction of sp³-hybridized carbons (Fsp3) is 0.882. The summed E-state index contributed by atoms with van der Waals surface area (Å²) in [7, 11) is 9.86. The molecule has 4 nitrogen and oxygen atoms in total. The highest BCUT2D eigenvalue weighted by Crippen LogP contribution is 2.22. The van der Waals surface area contributed by atoms with Crippen LogP contribution in [0.15, 0.2) is 11.6 Å². The van der Waals surface area contributed by atoms with Gasteiger partial charge in [-0.2, -0.15) is 0 Å². The van der Waals surface area contributed by atoms with Crippen LogP contribution in [0.5, 0.6) is 0 Å². The fourth-order valence-electron chi connectivity index (χ4n) is 2.46.